The van der Waals surface area contributed by atoms with Crippen LogP contribution in [0.25, 0.3) is 0 Å². The van der Waals surface area contributed by atoms with Crippen LogP contribution in [0.4, 0.5) is 0 Å². The molecule has 0 unspecified atom stereocenters. The molecule has 1 aromatic carbocycles. The van der Waals surface area contributed by atoms with Crippen LogP contribution in [0.15, 0.2) is 30.3 Å². The summed E-state index contributed by atoms with van der Waals surface area (Å²) in [7, 11) is 0. The highest BCUT2D eigenvalue weighted by Crippen LogP contribution is 2.51. The van der Waals surface area contributed by atoms with Crippen LogP contribution in [0, 0.1) is 5.92 Å². The summed E-state index contributed by atoms with van der Waals surface area (Å²) < 4.78 is 6.05. The van der Waals surface area contributed by atoms with Gasteiger partial charge in [0, 0.05) is 6.61 Å². The molecule has 1 aliphatic heterocycles. The monoisotopic (exact) mass is 188 g/mol. The molecule has 1 aromatic rings. The number of hydrogen-bond donors (Lipinski definition) is 0. The molecule has 2 aliphatic rings. The maximum Gasteiger partial charge on any atom is 0.0960 e. The number of fused-ring (bicyclic) bond motifs is 1. The summed E-state index contributed by atoms with van der Waals surface area (Å²) >= 11 is 0. The lowest BCUT2D eigenvalue weighted by Gasteiger charge is -2.29. The number of benzene rings is 1. The van der Waals surface area contributed by atoms with Crippen LogP contribution in [-0.4, -0.2) is 6.61 Å². The standard InChI is InChI=1S/C13H16O/c1-2-5-11(6-3-1)13-9-4-7-12(13)8-10-14-13/h1-3,5-6,12H,4,7-10H2/t12-,13+/m1/s1. The first kappa shape index (κ1) is 8.49. The van der Waals surface area contributed by atoms with E-state index in [-0.39, 0.29) is 5.60 Å². The highest BCUT2D eigenvalue weighted by Gasteiger charge is 2.48. The van der Waals surface area contributed by atoms with E-state index in [0.717, 1.165) is 12.5 Å². The van der Waals surface area contributed by atoms with Crippen LogP contribution in [0.1, 0.15) is 31.2 Å². The van der Waals surface area contributed by atoms with Crippen molar-refractivity contribution in [3.8, 4) is 0 Å². The molecule has 0 aromatic heterocycles. The van der Waals surface area contributed by atoms with Gasteiger partial charge in [0.15, 0.2) is 0 Å². The van der Waals surface area contributed by atoms with Gasteiger partial charge in [-0.2, -0.15) is 0 Å². The van der Waals surface area contributed by atoms with Crippen LogP contribution < -0.4 is 0 Å². The SMILES string of the molecule is c1ccc([C@@]23CCC[C@@H]2CCO3)cc1. The van der Waals surface area contributed by atoms with Crippen LogP contribution in [-0.2, 0) is 10.3 Å². The first-order valence-electron chi connectivity index (χ1n) is 5.61. The van der Waals surface area contributed by atoms with Gasteiger partial charge in [-0.3, -0.25) is 0 Å². The molecule has 1 saturated heterocycles. The van der Waals surface area contributed by atoms with Crippen LogP contribution in [0.5, 0.6) is 0 Å². The minimum atomic E-state index is 0.0985. The Morgan fingerprint density at radius 1 is 1.14 bits per heavy atom. The van der Waals surface area contributed by atoms with E-state index in [4.69, 9.17) is 4.74 Å². The fourth-order valence-electron chi connectivity index (χ4n) is 3.18. The minimum Gasteiger partial charge on any atom is -0.370 e. The van der Waals surface area contributed by atoms with Gasteiger partial charge in [-0.1, -0.05) is 30.3 Å². The first-order valence-corrected chi connectivity index (χ1v) is 5.61. The number of ether oxygens (including phenoxy) is 1. The molecule has 2 atom stereocenters. The predicted octanol–water partition coefficient (Wildman–Crippen LogP) is 3.10. The Morgan fingerprint density at radius 2 is 2.00 bits per heavy atom. The summed E-state index contributed by atoms with van der Waals surface area (Å²) in [5.41, 5.74) is 1.50. The summed E-state index contributed by atoms with van der Waals surface area (Å²) in [6.45, 7) is 0.958. The highest BCUT2D eigenvalue weighted by molar-refractivity contribution is 5.26. The lowest BCUT2D eigenvalue weighted by Crippen LogP contribution is -2.27. The third kappa shape index (κ3) is 1.05. The van der Waals surface area contributed by atoms with Crippen molar-refractivity contribution in [2.24, 2.45) is 5.92 Å². The molecule has 2 fully saturated rings. The van der Waals surface area contributed by atoms with Crippen LogP contribution in [0.2, 0.25) is 0 Å². The molecule has 0 amide bonds. The predicted molar refractivity (Wildman–Crippen MR) is 56.0 cm³/mol. The Morgan fingerprint density at radius 3 is 2.86 bits per heavy atom. The molecule has 1 nitrogen and oxygen atoms in total. The Balaban J connectivity index is 2.03. The zero-order chi connectivity index (χ0) is 9.43. The van der Waals surface area contributed by atoms with E-state index < -0.39 is 0 Å². The Kier molecular flexibility index (Phi) is 1.88. The van der Waals surface area contributed by atoms with Gasteiger partial charge in [-0.05, 0) is 37.2 Å². The van der Waals surface area contributed by atoms with Gasteiger partial charge in [-0.25, -0.2) is 0 Å². The quantitative estimate of drug-likeness (QED) is 0.658. The van der Waals surface area contributed by atoms with E-state index in [9.17, 15) is 0 Å². The van der Waals surface area contributed by atoms with Gasteiger partial charge in [0.2, 0.25) is 0 Å². The fraction of sp³-hybridized carbons (Fsp3) is 0.538. The maximum atomic E-state index is 6.05. The molecule has 14 heavy (non-hydrogen) atoms. The van der Waals surface area contributed by atoms with E-state index in [1.807, 2.05) is 0 Å². The van der Waals surface area contributed by atoms with E-state index >= 15 is 0 Å². The third-order valence-electron chi connectivity index (χ3n) is 3.85. The van der Waals surface area contributed by atoms with Crippen molar-refractivity contribution in [2.45, 2.75) is 31.3 Å². The molecule has 1 heteroatoms. The Labute approximate surface area is 85.1 Å². The highest BCUT2D eigenvalue weighted by atomic mass is 16.5. The average molecular weight is 188 g/mol. The topological polar surface area (TPSA) is 9.23 Å². The van der Waals surface area contributed by atoms with Gasteiger partial charge in [0.05, 0.1) is 5.60 Å². The second-order valence-corrected chi connectivity index (χ2v) is 4.48. The average Bonchev–Trinajstić information content (AvgIpc) is 2.77. The van der Waals surface area contributed by atoms with Gasteiger partial charge in [0.1, 0.15) is 0 Å². The van der Waals surface area contributed by atoms with Crippen molar-refractivity contribution >= 4 is 0 Å². The lowest BCUT2D eigenvalue weighted by molar-refractivity contribution is -0.0128. The molecular formula is C13H16O. The summed E-state index contributed by atoms with van der Waals surface area (Å²) in [5, 5.41) is 0. The van der Waals surface area contributed by atoms with Crippen molar-refractivity contribution in [3.63, 3.8) is 0 Å². The summed E-state index contributed by atoms with van der Waals surface area (Å²) in [4.78, 5) is 0. The molecule has 1 saturated carbocycles. The molecule has 0 radical (unpaired) electrons. The van der Waals surface area contributed by atoms with Crippen molar-refractivity contribution in [1.82, 2.24) is 0 Å². The second-order valence-electron chi connectivity index (χ2n) is 4.48. The molecule has 0 N–H and O–H groups in total. The summed E-state index contributed by atoms with van der Waals surface area (Å²) in [5.74, 6) is 0.782. The van der Waals surface area contributed by atoms with Gasteiger partial charge in [0.25, 0.3) is 0 Å². The first-order chi connectivity index (χ1) is 6.92. The van der Waals surface area contributed by atoms with E-state index in [2.05, 4.69) is 30.3 Å². The summed E-state index contributed by atoms with van der Waals surface area (Å²) in [6, 6.07) is 10.8. The van der Waals surface area contributed by atoms with Crippen molar-refractivity contribution in [2.75, 3.05) is 6.61 Å². The molecule has 74 valence electrons. The fourth-order valence-corrected chi connectivity index (χ4v) is 3.18. The maximum absolute atomic E-state index is 6.05. The van der Waals surface area contributed by atoms with Crippen LogP contribution in [0.3, 0.4) is 0 Å². The minimum absolute atomic E-state index is 0.0985. The van der Waals surface area contributed by atoms with Gasteiger partial charge < -0.3 is 4.74 Å². The number of hydrogen-bond acceptors (Lipinski definition) is 1. The van der Waals surface area contributed by atoms with Gasteiger partial charge in [-0.15, -0.1) is 0 Å². The normalized spacial score (nSPS) is 35.9. The molecule has 0 bridgehead atoms. The van der Waals surface area contributed by atoms with Crippen molar-refractivity contribution < 1.29 is 4.74 Å². The molecule has 0 spiro atoms. The Bertz CT molecular complexity index is 307. The zero-order valence-electron chi connectivity index (χ0n) is 8.41. The van der Waals surface area contributed by atoms with E-state index in [0.29, 0.717) is 0 Å². The summed E-state index contributed by atoms with van der Waals surface area (Å²) in [6.07, 6.45) is 5.17. The lowest BCUT2D eigenvalue weighted by atomic mass is 9.84. The largest absolute Gasteiger partial charge is 0.370 e. The molecule has 1 heterocycles. The molecule has 1 aliphatic carbocycles. The van der Waals surface area contributed by atoms with E-state index in [1.165, 1.54) is 31.2 Å². The van der Waals surface area contributed by atoms with Crippen molar-refractivity contribution in [1.29, 1.82) is 0 Å². The zero-order valence-corrected chi connectivity index (χ0v) is 8.41. The second kappa shape index (κ2) is 3.09. The Hall–Kier alpha value is -0.820. The van der Waals surface area contributed by atoms with Crippen molar-refractivity contribution in [3.05, 3.63) is 35.9 Å². The number of rotatable bonds is 1. The molecule has 3 rings (SSSR count). The van der Waals surface area contributed by atoms with E-state index in [1.54, 1.807) is 0 Å². The van der Waals surface area contributed by atoms with Crippen LogP contribution >= 0.6 is 0 Å². The van der Waals surface area contributed by atoms with Gasteiger partial charge >= 0.3 is 0 Å². The molecular weight excluding hydrogens is 172 g/mol. The third-order valence-corrected chi connectivity index (χ3v) is 3.85. The smallest absolute Gasteiger partial charge is 0.0960 e.